The molecule has 4 rings (SSSR count). The second-order valence-electron chi connectivity index (χ2n) is 6.88. The average molecular weight is 446 g/mol. The van der Waals surface area contributed by atoms with Crippen molar-refractivity contribution in [2.75, 3.05) is 12.0 Å². The summed E-state index contributed by atoms with van der Waals surface area (Å²) in [4.78, 5) is 43.3. The van der Waals surface area contributed by atoms with Crippen molar-refractivity contribution in [1.29, 1.82) is 0 Å². The number of thiazole rings is 1. The number of benzene rings is 2. The van der Waals surface area contributed by atoms with Crippen molar-refractivity contribution < 1.29 is 24.2 Å². The molecule has 1 amide bonds. The van der Waals surface area contributed by atoms with Crippen molar-refractivity contribution in [2.24, 2.45) is 0 Å². The number of aliphatic hydroxyl groups excluding tert-OH is 1. The number of carbonyl (C=O) groups excluding carboxylic acids is 3. The zero-order valence-corrected chi connectivity index (χ0v) is 17.8. The largest absolute Gasteiger partial charge is 0.503 e. The Morgan fingerprint density at radius 2 is 1.84 bits per heavy atom. The van der Waals surface area contributed by atoms with Crippen LogP contribution in [0, 0.1) is 0 Å². The summed E-state index contributed by atoms with van der Waals surface area (Å²) in [5, 5.41) is 12.7. The van der Waals surface area contributed by atoms with Gasteiger partial charge in [0.1, 0.15) is 0 Å². The Morgan fingerprint density at radius 1 is 1.12 bits per heavy atom. The summed E-state index contributed by atoms with van der Waals surface area (Å²) in [6.07, 6.45) is 4.49. The van der Waals surface area contributed by atoms with Crippen LogP contribution in [0.4, 0.5) is 5.13 Å². The van der Waals surface area contributed by atoms with Crippen LogP contribution in [0.3, 0.4) is 0 Å². The number of ether oxygens (including phenoxy) is 1. The lowest BCUT2D eigenvalue weighted by Crippen LogP contribution is -2.30. The second kappa shape index (κ2) is 8.99. The first-order valence-electron chi connectivity index (χ1n) is 9.63. The number of esters is 1. The van der Waals surface area contributed by atoms with E-state index in [1.165, 1.54) is 35.6 Å². The topological polar surface area (TPSA) is 96.8 Å². The van der Waals surface area contributed by atoms with Crippen molar-refractivity contribution in [1.82, 2.24) is 4.98 Å². The second-order valence-corrected chi connectivity index (χ2v) is 7.75. The van der Waals surface area contributed by atoms with Crippen LogP contribution in [0.15, 0.2) is 83.6 Å². The van der Waals surface area contributed by atoms with Crippen LogP contribution in [-0.2, 0) is 14.3 Å². The lowest BCUT2D eigenvalue weighted by atomic mass is 9.95. The third kappa shape index (κ3) is 3.95. The molecule has 0 radical (unpaired) electrons. The predicted molar refractivity (Wildman–Crippen MR) is 120 cm³/mol. The van der Waals surface area contributed by atoms with Gasteiger partial charge in [0.15, 0.2) is 16.7 Å². The maximum atomic E-state index is 13.1. The maximum absolute atomic E-state index is 13.1. The van der Waals surface area contributed by atoms with Crippen LogP contribution < -0.4 is 4.90 Å². The predicted octanol–water partition coefficient (Wildman–Crippen LogP) is 4.11. The molecule has 0 saturated carbocycles. The van der Waals surface area contributed by atoms with Crippen molar-refractivity contribution in [3.05, 3.63) is 100 Å². The minimum absolute atomic E-state index is 0.0526. The van der Waals surface area contributed by atoms with Gasteiger partial charge in [0.2, 0.25) is 0 Å². The minimum Gasteiger partial charge on any atom is -0.503 e. The number of aromatic nitrogens is 1. The molecule has 3 aromatic rings. The molecule has 0 aliphatic carbocycles. The molecule has 0 spiro atoms. The van der Waals surface area contributed by atoms with Crippen molar-refractivity contribution in [2.45, 2.75) is 6.04 Å². The molecule has 1 aliphatic rings. The Hall–Kier alpha value is -4.04. The molecular formula is C24H18N2O5S. The summed E-state index contributed by atoms with van der Waals surface area (Å²) in [5.74, 6) is -2.33. The van der Waals surface area contributed by atoms with Gasteiger partial charge in [0, 0.05) is 11.6 Å². The van der Waals surface area contributed by atoms with Crippen molar-refractivity contribution in [3.63, 3.8) is 0 Å². The number of methoxy groups -OCH3 is 1. The highest BCUT2D eigenvalue weighted by molar-refractivity contribution is 7.13. The van der Waals surface area contributed by atoms with E-state index < -0.39 is 29.5 Å². The van der Waals surface area contributed by atoms with E-state index in [2.05, 4.69) is 4.98 Å². The van der Waals surface area contributed by atoms with E-state index in [0.29, 0.717) is 16.3 Å². The van der Waals surface area contributed by atoms with Gasteiger partial charge < -0.3 is 9.84 Å². The minimum atomic E-state index is -0.895. The van der Waals surface area contributed by atoms with Crippen LogP contribution in [0.5, 0.6) is 0 Å². The fraction of sp³-hybridized carbons (Fsp3) is 0.0833. The van der Waals surface area contributed by atoms with Gasteiger partial charge >= 0.3 is 5.97 Å². The van der Waals surface area contributed by atoms with Gasteiger partial charge in [-0.3, -0.25) is 14.5 Å². The van der Waals surface area contributed by atoms with E-state index in [0.717, 1.165) is 5.56 Å². The number of nitrogens with zero attached hydrogens (tertiary/aromatic N) is 2. The van der Waals surface area contributed by atoms with Gasteiger partial charge in [0.25, 0.3) is 5.91 Å². The average Bonchev–Trinajstić information content (AvgIpc) is 3.44. The summed E-state index contributed by atoms with van der Waals surface area (Å²) in [6.45, 7) is 0. The molecule has 2 heterocycles. The summed E-state index contributed by atoms with van der Waals surface area (Å²) >= 11 is 1.21. The highest BCUT2D eigenvalue weighted by atomic mass is 32.1. The molecule has 32 heavy (non-hydrogen) atoms. The number of anilines is 1. The first-order valence-corrected chi connectivity index (χ1v) is 10.5. The monoisotopic (exact) mass is 446 g/mol. The van der Waals surface area contributed by atoms with Gasteiger partial charge in [-0.15, -0.1) is 11.3 Å². The van der Waals surface area contributed by atoms with Gasteiger partial charge in [-0.05, 0) is 29.3 Å². The molecule has 1 aromatic heterocycles. The Kier molecular flexibility index (Phi) is 5.96. The summed E-state index contributed by atoms with van der Waals surface area (Å²) < 4.78 is 4.72. The van der Waals surface area contributed by atoms with E-state index in [4.69, 9.17) is 4.74 Å². The number of rotatable bonds is 6. The molecule has 0 bridgehead atoms. The molecular weight excluding hydrogens is 428 g/mol. The number of carbonyl (C=O) groups is 3. The first-order chi connectivity index (χ1) is 15.5. The Balaban J connectivity index is 1.75. The lowest BCUT2D eigenvalue weighted by molar-refractivity contribution is -0.117. The van der Waals surface area contributed by atoms with E-state index in [1.54, 1.807) is 35.7 Å². The Labute approximate surface area is 187 Å². The van der Waals surface area contributed by atoms with E-state index in [1.807, 2.05) is 30.3 Å². The quantitative estimate of drug-likeness (QED) is 0.452. The molecule has 7 nitrogen and oxygen atoms in total. The Bertz CT molecular complexity index is 1220. The third-order valence-corrected chi connectivity index (χ3v) is 5.74. The number of hydrogen-bond donors (Lipinski definition) is 1. The zero-order chi connectivity index (χ0) is 22.7. The maximum Gasteiger partial charge on any atom is 0.337 e. The van der Waals surface area contributed by atoms with Crippen LogP contribution in [-0.4, -0.2) is 34.9 Å². The fourth-order valence-electron chi connectivity index (χ4n) is 3.45. The standard InChI is InChI=1S/C24H18N2O5S/c1-31-23(30)17-10-8-16(9-11-17)20-19(18(27)12-7-15-5-3-2-4-6-15)21(28)22(29)26(20)24-25-13-14-32-24/h2-14,20,28H,1H3. The van der Waals surface area contributed by atoms with Crippen LogP contribution in [0.25, 0.3) is 6.08 Å². The van der Waals surface area contributed by atoms with E-state index >= 15 is 0 Å². The molecule has 1 atom stereocenters. The van der Waals surface area contributed by atoms with E-state index in [-0.39, 0.29) is 5.57 Å². The molecule has 8 heteroatoms. The molecule has 1 unspecified atom stereocenters. The molecule has 160 valence electrons. The fourth-order valence-corrected chi connectivity index (χ4v) is 4.12. The van der Waals surface area contributed by atoms with Gasteiger partial charge in [-0.25, -0.2) is 9.78 Å². The van der Waals surface area contributed by atoms with Gasteiger partial charge in [0.05, 0.1) is 24.3 Å². The number of ketones is 1. The highest BCUT2D eigenvalue weighted by Gasteiger charge is 2.44. The van der Waals surface area contributed by atoms with Gasteiger partial charge in [-0.1, -0.05) is 48.5 Å². The molecule has 0 fully saturated rings. The molecule has 1 N–H and O–H groups in total. The number of hydrogen-bond acceptors (Lipinski definition) is 7. The van der Waals surface area contributed by atoms with Crippen molar-refractivity contribution in [3.8, 4) is 0 Å². The smallest absolute Gasteiger partial charge is 0.337 e. The molecule has 0 saturated heterocycles. The van der Waals surface area contributed by atoms with Gasteiger partial charge in [-0.2, -0.15) is 0 Å². The summed E-state index contributed by atoms with van der Waals surface area (Å²) in [7, 11) is 1.28. The third-order valence-electron chi connectivity index (χ3n) is 4.97. The molecule has 2 aromatic carbocycles. The summed E-state index contributed by atoms with van der Waals surface area (Å²) in [5.41, 5.74) is 1.62. The zero-order valence-electron chi connectivity index (χ0n) is 17.0. The number of aliphatic hydroxyl groups is 1. The van der Waals surface area contributed by atoms with Crippen molar-refractivity contribution >= 4 is 40.2 Å². The van der Waals surface area contributed by atoms with Crippen LogP contribution in [0.2, 0.25) is 0 Å². The molecule has 1 aliphatic heterocycles. The highest BCUT2D eigenvalue weighted by Crippen LogP contribution is 2.41. The SMILES string of the molecule is COC(=O)c1ccc(C2C(C(=O)C=Cc3ccccc3)=C(O)C(=O)N2c2nccs2)cc1. The number of allylic oxidation sites excluding steroid dienone is 1. The Morgan fingerprint density at radius 3 is 2.47 bits per heavy atom. The summed E-state index contributed by atoms with van der Waals surface area (Å²) in [6, 6.07) is 14.7. The lowest BCUT2D eigenvalue weighted by Gasteiger charge is -2.24. The van der Waals surface area contributed by atoms with E-state index in [9.17, 15) is 19.5 Å². The van der Waals surface area contributed by atoms with Crippen LogP contribution >= 0.6 is 11.3 Å². The number of amides is 1. The van der Waals surface area contributed by atoms with Crippen LogP contribution in [0.1, 0.15) is 27.5 Å². The normalized spacial score (nSPS) is 16.1. The first kappa shape index (κ1) is 21.2.